The lowest BCUT2D eigenvalue weighted by atomic mass is 10.0. The molecule has 1 amide bonds. The van der Waals surface area contributed by atoms with Crippen LogP contribution in [0.5, 0.6) is 0 Å². The highest BCUT2D eigenvalue weighted by molar-refractivity contribution is 9.10. The van der Waals surface area contributed by atoms with E-state index < -0.39 is 0 Å². The molecule has 1 aromatic carbocycles. The summed E-state index contributed by atoms with van der Waals surface area (Å²) in [4.78, 5) is 14.0. The van der Waals surface area contributed by atoms with Crippen molar-refractivity contribution >= 4 is 32.8 Å². The molecule has 21 heavy (non-hydrogen) atoms. The van der Waals surface area contributed by atoms with E-state index in [-0.39, 0.29) is 11.9 Å². The van der Waals surface area contributed by atoms with Crippen molar-refractivity contribution < 1.29 is 9.21 Å². The molecule has 114 valence electrons. The van der Waals surface area contributed by atoms with Crippen molar-refractivity contribution in [3.8, 4) is 0 Å². The average Bonchev–Trinajstić information content (AvgIpc) is 2.86. The van der Waals surface area contributed by atoms with E-state index in [1.165, 1.54) is 0 Å². The molecule has 1 atom stereocenters. The van der Waals surface area contributed by atoms with Gasteiger partial charge in [-0.25, -0.2) is 0 Å². The molecule has 2 N–H and O–H groups in total. The van der Waals surface area contributed by atoms with Crippen LogP contribution in [0.2, 0.25) is 0 Å². The molecule has 0 radical (unpaired) electrons. The van der Waals surface area contributed by atoms with Gasteiger partial charge in [0.15, 0.2) is 5.76 Å². The van der Waals surface area contributed by atoms with Crippen molar-refractivity contribution in [2.24, 2.45) is 11.7 Å². The summed E-state index contributed by atoms with van der Waals surface area (Å²) in [5, 5.41) is 0.917. The third-order valence-corrected chi connectivity index (χ3v) is 4.18. The van der Waals surface area contributed by atoms with Gasteiger partial charge in [-0.05, 0) is 36.6 Å². The monoisotopic (exact) mass is 352 g/mol. The minimum atomic E-state index is -0.113. The Bertz CT molecular complexity index is 636. The van der Waals surface area contributed by atoms with Gasteiger partial charge in [-0.2, -0.15) is 0 Å². The lowest BCUT2D eigenvalue weighted by Crippen LogP contribution is -2.34. The Labute approximate surface area is 133 Å². The van der Waals surface area contributed by atoms with Crippen LogP contribution in [-0.2, 0) is 0 Å². The predicted molar refractivity (Wildman–Crippen MR) is 88.3 cm³/mol. The summed E-state index contributed by atoms with van der Waals surface area (Å²) < 4.78 is 6.58. The van der Waals surface area contributed by atoms with Gasteiger partial charge in [-0.1, -0.05) is 29.8 Å². The Morgan fingerprint density at radius 3 is 2.76 bits per heavy atom. The summed E-state index contributed by atoms with van der Waals surface area (Å²) in [7, 11) is 1.78. The number of hydrogen-bond donors (Lipinski definition) is 1. The summed E-state index contributed by atoms with van der Waals surface area (Å²) in [6.07, 6.45) is 0.783. The molecule has 0 bridgehead atoms. The number of benzene rings is 1. The molecule has 0 saturated carbocycles. The van der Waals surface area contributed by atoms with Crippen LogP contribution in [0.4, 0.5) is 0 Å². The van der Waals surface area contributed by atoms with Gasteiger partial charge in [0.1, 0.15) is 5.58 Å². The first-order valence-corrected chi connectivity index (χ1v) is 7.88. The topological polar surface area (TPSA) is 59.5 Å². The van der Waals surface area contributed by atoms with Crippen molar-refractivity contribution in [1.29, 1.82) is 0 Å². The van der Waals surface area contributed by atoms with E-state index in [1.807, 2.05) is 18.2 Å². The number of nitrogens with two attached hydrogens (primary N) is 1. The number of rotatable bonds is 5. The Morgan fingerprint density at radius 2 is 2.10 bits per heavy atom. The van der Waals surface area contributed by atoms with Gasteiger partial charge in [0.25, 0.3) is 5.91 Å². The molecule has 1 aromatic heterocycles. The molecule has 0 spiro atoms. The fourth-order valence-electron chi connectivity index (χ4n) is 2.09. The van der Waals surface area contributed by atoms with Crippen LogP contribution in [0, 0.1) is 5.92 Å². The van der Waals surface area contributed by atoms with Crippen LogP contribution in [-0.4, -0.2) is 30.4 Å². The predicted octanol–water partition coefficient (Wildman–Crippen LogP) is 3.64. The van der Waals surface area contributed by atoms with Crippen LogP contribution in [0.3, 0.4) is 0 Å². The zero-order chi connectivity index (χ0) is 15.6. The number of hydrogen-bond acceptors (Lipinski definition) is 3. The average molecular weight is 353 g/mol. The van der Waals surface area contributed by atoms with E-state index >= 15 is 0 Å². The lowest BCUT2D eigenvalue weighted by Gasteiger charge is -2.20. The van der Waals surface area contributed by atoms with E-state index in [9.17, 15) is 4.79 Å². The van der Waals surface area contributed by atoms with Crippen LogP contribution >= 0.6 is 15.9 Å². The summed E-state index contributed by atoms with van der Waals surface area (Å²) in [6.45, 7) is 4.80. The van der Waals surface area contributed by atoms with E-state index in [0.29, 0.717) is 23.8 Å². The van der Waals surface area contributed by atoms with Crippen molar-refractivity contribution in [3.05, 3.63) is 34.5 Å². The minimum Gasteiger partial charge on any atom is -0.451 e. The fraction of sp³-hybridized carbons (Fsp3) is 0.438. The molecule has 0 aliphatic heterocycles. The highest BCUT2D eigenvalue weighted by Crippen LogP contribution is 2.24. The standard InChI is InChI=1S/C16H21BrN2O2/c1-10(2)13(18)6-7-19(3)16(20)15-9-11-8-12(17)4-5-14(11)21-15/h4-5,8-10,13H,6-7,18H2,1-3H3. The number of halogens is 1. The zero-order valence-corrected chi connectivity index (χ0v) is 14.2. The molecular formula is C16H21BrN2O2. The van der Waals surface area contributed by atoms with E-state index in [2.05, 4.69) is 29.8 Å². The number of nitrogens with zero attached hydrogens (tertiary/aromatic N) is 1. The SMILES string of the molecule is CC(C)C(N)CCN(C)C(=O)c1cc2cc(Br)ccc2o1. The van der Waals surface area contributed by atoms with E-state index in [4.69, 9.17) is 10.2 Å². The maximum atomic E-state index is 12.4. The molecule has 0 fully saturated rings. The number of amides is 1. The van der Waals surface area contributed by atoms with Crippen molar-refractivity contribution in [2.45, 2.75) is 26.3 Å². The third-order valence-electron chi connectivity index (χ3n) is 3.69. The maximum absolute atomic E-state index is 12.4. The minimum absolute atomic E-state index is 0.104. The molecule has 5 heteroatoms. The number of carbonyl (C=O) groups excluding carboxylic acids is 1. The summed E-state index contributed by atoms with van der Waals surface area (Å²) >= 11 is 3.41. The highest BCUT2D eigenvalue weighted by atomic mass is 79.9. The van der Waals surface area contributed by atoms with Crippen LogP contribution in [0.25, 0.3) is 11.0 Å². The van der Waals surface area contributed by atoms with Crippen molar-refractivity contribution in [1.82, 2.24) is 4.90 Å². The van der Waals surface area contributed by atoms with Gasteiger partial charge in [-0.15, -0.1) is 0 Å². The summed E-state index contributed by atoms with van der Waals surface area (Å²) in [6, 6.07) is 7.56. The largest absolute Gasteiger partial charge is 0.451 e. The zero-order valence-electron chi connectivity index (χ0n) is 12.6. The second-order valence-corrected chi connectivity index (χ2v) is 6.63. The highest BCUT2D eigenvalue weighted by Gasteiger charge is 2.18. The molecular weight excluding hydrogens is 332 g/mol. The smallest absolute Gasteiger partial charge is 0.289 e. The fourth-order valence-corrected chi connectivity index (χ4v) is 2.46. The van der Waals surface area contributed by atoms with Crippen LogP contribution in [0.15, 0.2) is 33.2 Å². The Balaban J connectivity index is 2.07. The van der Waals surface area contributed by atoms with Gasteiger partial charge in [-0.3, -0.25) is 4.79 Å². The first kappa shape index (κ1) is 16.0. The molecule has 4 nitrogen and oxygen atoms in total. The van der Waals surface area contributed by atoms with Crippen LogP contribution < -0.4 is 5.73 Å². The summed E-state index contributed by atoms with van der Waals surface area (Å²) in [5.41, 5.74) is 6.73. The maximum Gasteiger partial charge on any atom is 0.289 e. The first-order valence-electron chi connectivity index (χ1n) is 7.08. The first-order chi connectivity index (χ1) is 9.88. The Hall–Kier alpha value is -1.33. The van der Waals surface area contributed by atoms with Gasteiger partial charge in [0.2, 0.25) is 0 Å². The quantitative estimate of drug-likeness (QED) is 0.893. The molecule has 2 aromatic rings. The Kier molecular flexibility index (Phi) is 5.06. The van der Waals surface area contributed by atoms with Gasteiger partial charge < -0.3 is 15.1 Å². The molecule has 1 heterocycles. The van der Waals surface area contributed by atoms with E-state index in [0.717, 1.165) is 16.3 Å². The molecule has 0 aliphatic carbocycles. The normalized spacial score (nSPS) is 12.9. The van der Waals surface area contributed by atoms with Crippen LogP contribution in [0.1, 0.15) is 30.8 Å². The number of carbonyl (C=O) groups is 1. The second-order valence-electron chi connectivity index (χ2n) is 5.72. The van der Waals surface area contributed by atoms with Crippen molar-refractivity contribution in [3.63, 3.8) is 0 Å². The molecule has 0 aliphatic rings. The van der Waals surface area contributed by atoms with Gasteiger partial charge >= 0.3 is 0 Å². The third kappa shape index (κ3) is 3.86. The Morgan fingerprint density at radius 1 is 1.38 bits per heavy atom. The van der Waals surface area contributed by atoms with Gasteiger partial charge in [0, 0.05) is 29.5 Å². The van der Waals surface area contributed by atoms with Crippen molar-refractivity contribution in [2.75, 3.05) is 13.6 Å². The lowest BCUT2D eigenvalue weighted by molar-refractivity contribution is 0.0760. The number of furan rings is 1. The number of fused-ring (bicyclic) bond motifs is 1. The van der Waals surface area contributed by atoms with Gasteiger partial charge in [0.05, 0.1) is 0 Å². The molecule has 0 saturated heterocycles. The second kappa shape index (κ2) is 6.62. The van der Waals surface area contributed by atoms with E-state index in [1.54, 1.807) is 18.0 Å². The molecule has 2 rings (SSSR count). The molecule has 1 unspecified atom stereocenters. The summed E-state index contributed by atoms with van der Waals surface area (Å²) in [5.74, 6) is 0.666.